The van der Waals surface area contributed by atoms with Gasteiger partial charge in [-0.15, -0.1) is 4.67 Å². The van der Waals surface area contributed by atoms with E-state index in [0.29, 0.717) is 10.8 Å². The SMILES string of the molecule is C.C.CC(C)(C)CC(C)(C)C1CCC(OCCOOP(=O)(O)O)CC1. The molecule has 0 radical (unpaired) electrons. The average molecular weight is 384 g/mol. The molecule has 6 nitrogen and oxygen atoms in total. The maximum Gasteiger partial charge on any atom is 0.496 e. The van der Waals surface area contributed by atoms with Crippen LogP contribution >= 0.6 is 7.82 Å². The first-order valence-corrected chi connectivity index (χ1v) is 9.90. The largest absolute Gasteiger partial charge is 0.496 e. The molecule has 1 rings (SSSR count). The van der Waals surface area contributed by atoms with Gasteiger partial charge in [-0.1, -0.05) is 49.5 Å². The molecule has 1 saturated carbocycles. The highest BCUT2D eigenvalue weighted by Gasteiger charge is 2.36. The van der Waals surface area contributed by atoms with Crippen molar-refractivity contribution < 1.29 is 28.7 Å². The third-order valence-electron chi connectivity index (χ3n) is 4.44. The van der Waals surface area contributed by atoms with Crippen LogP contribution in [0.25, 0.3) is 0 Å². The molecule has 0 atom stereocenters. The minimum atomic E-state index is -4.56. The van der Waals surface area contributed by atoms with Crippen LogP contribution < -0.4 is 0 Å². The van der Waals surface area contributed by atoms with Crippen molar-refractivity contribution >= 4 is 7.82 Å². The second-order valence-corrected chi connectivity index (χ2v) is 9.59. The molecule has 2 N–H and O–H groups in total. The fraction of sp³-hybridized carbons (Fsp3) is 1.00. The Morgan fingerprint density at radius 2 is 1.48 bits per heavy atom. The highest BCUT2D eigenvalue weighted by molar-refractivity contribution is 7.46. The van der Waals surface area contributed by atoms with Crippen LogP contribution in [-0.2, 0) is 18.9 Å². The quantitative estimate of drug-likeness (QED) is 0.254. The summed E-state index contributed by atoms with van der Waals surface area (Å²) in [5, 5.41) is 0. The van der Waals surface area contributed by atoms with Crippen LogP contribution in [0.4, 0.5) is 0 Å². The second kappa shape index (κ2) is 11.0. The van der Waals surface area contributed by atoms with E-state index in [2.05, 4.69) is 44.2 Å². The van der Waals surface area contributed by atoms with Crippen molar-refractivity contribution in [2.45, 2.75) is 87.7 Å². The van der Waals surface area contributed by atoms with Crippen molar-refractivity contribution in [3.05, 3.63) is 0 Å². The predicted molar refractivity (Wildman–Crippen MR) is 102 cm³/mol. The summed E-state index contributed by atoms with van der Waals surface area (Å²) in [6.07, 6.45) is 5.79. The van der Waals surface area contributed by atoms with Gasteiger partial charge in [0.05, 0.1) is 12.7 Å². The van der Waals surface area contributed by atoms with Crippen LogP contribution in [-0.4, -0.2) is 29.1 Å². The monoisotopic (exact) mass is 384 g/mol. The van der Waals surface area contributed by atoms with Crippen LogP contribution in [0.2, 0.25) is 0 Å². The van der Waals surface area contributed by atoms with E-state index in [1.807, 2.05) is 0 Å². The molecular weight excluding hydrogens is 343 g/mol. The summed E-state index contributed by atoms with van der Waals surface area (Å²) >= 11 is 0. The molecule has 0 aromatic rings. The zero-order chi connectivity index (χ0) is 17.7. The summed E-state index contributed by atoms with van der Waals surface area (Å²) in [6.45, 7) is 11.9. The fourth-order valence-electron chi connectivity index (χ4n) is 3.88. The summed E-state index contributed by atoms with van der Waals surface area (Å²) in [5.74, 6) is 0.718. The maximum absolute atomic E-state index is 10.4. The van der Waals surface area contributed by atoms with Crippen LogP contribution in [0, 0.1) is 16.7 Å². The molecule has 0 aliphatic heterocycles. The molecule has 0 spiro atoms. The minimum absolute atomic E-state index is 0. The third kappa shape index (κ3) is 12.1. The second-order valence-electron chi connectivity index (χ2n) is 8.46. The molecule has 0 aromatic heterocycles. The summed E-state index contributed by atoms with van der Waals surface area (Å²) in [4.78, 5) is 21.4. The normalized spacial score (nSPS) is 22.0. The van der Waals surface area contributed by atoms with E-state index < -0.39 is 7.82 Å². The van der Waals surface area contributed by atoms with Gasteiger partial charge in [-0.3, -0.25) is 0 Å². The number of ether oxygens (including phenoxy) is 1. The first-order chi connectivity index (χ1) is 10.4. The van der Waals surface area contributed by atoms with Crippen molar-refractivity contribution in [3.63, 3.8) is 0 Å². The van der Waals surface area contributed by atoms with E-state index in [9.17, 15) is 4.57 Å². The van der Waals surface area contributed by atoms with E-state index in [-0.39, 0.29) is 34.2 Å². The smallest absolute Gasteiger partial charge is 0.376 e. The number of rotatable bonds is 8. The molecule has 25 heavy (non-hydrogen) atoms. The molecule has 0 aromatic carbocycles. The van der Waals surface area contributed by atoms with Gasteiger partial charge in [0.2, 0.25) is 0 Å². The van der Waals surface area contributed by atoms with Gasteiger partial charge in [-0.05, 0) is 48.9 Å². The van der Waals surface area contributed by atoms with Gasteiger partial charge in [-0.2, -0.15) is 0 Å². The summed E-state index contributed by atoms with van der Waals surface area (Å²) in [5.41, 5.74) is 0.677. The highest BCUT2D eigenvalue weighted by Crippen LogP contribution is 2.45. The van der Waals surface area contributed by atoms with Gasteiger partial charge in [-0.25, -0.2) is 9.45 Å². The van der Waals surface area contributed by atoms with E-state index >= 15 is 0 Å². The molecule has 7 heteroatoms. The molecule has 1 aliphatic rings. The molecule has 1 aliphatic carbocycles. The van der Waals surface area contributed by atoms with E-state index in [4.69, 9.17) is 14.5 Å². The lowest BCUT2D eigenvalue weighted by Crippen LogP contribution is -2.34. The molecule has 0 unspecified atom stereocenters. The lowest BCUT2D eigenvalue weighted by molar-refractivity contribution is -0.232. The molecule has 154 valence electrons. The van der Waals surface area contributed by atoms with Crippen molar-refractivity contribution in [2.24, 2.45) is 16.7 Å². The first-order valence-electron chi connectivity index (χ1n) is 8.37. The van der Waals surface area contributed by atoms with Crippen molar-refractivity contribution in [2.75, 3.05) is 13.2 Å². The van der Waals surface area contributed by atoms with Crippen LogP contribution in [0.1, 0.15) is 81.6 Å². The Morgan fingerprint density at radius 1 is 0.960 bits per heavy atom. The highest BCUT2D eigenvalue weighted by atomic mass is 31.2. The van der Waals surface area contributed by atoms with Gasteiger partial charge in [0, 0.05) is 0 Å². The Morgan fingerprint density at radius 3 is 1.92 bits per heavy atom. The predicted octanol–water partition coefficient (Wildman–Crippen LogP) is 5.34. The van der Waals surface area contributed by atoms with Gasteiger partial charge in [0.1, 0.15) is 6.61 Å². The summed E-state index contributed by atoms with van der Waals surface area (Å²) in [6, 6.07) is 0. The number of hydrogen-bond acceptors (Lipinski definition) is 4. The molecule has 0 saturated heterocycles. The first kappa shape index (κ1) is 27.3. The topological polar surface area (TPSA) is 85.2 Å². The average Bonchev–Trinajstić information content (AvgIpc) is 2.34. The molecule has 1 fully saturated rings. The van der Waals surface area contributed by atoms with E-state index in [0.717, 1.165) is 31.6 Å². The van der Waals surface area contributed by atoms with Crippen molar-refractivity contribution in [1.82, 2.24) is 0 Å². The van der Waals surface area contributed by atoms with Gasteiger partial charge < -0.3 is 14.5 Å². The van der Waals surface area contributed by atoms with Gasteiger partial charge >= 0.3 is 7.82 Å². The zero-order valence-electron chi connectivity index (χ0n) is 15.1. The molecule has 0 heterocycles. The number of hydrogen-bond donors (Lipinski definition) is 2. The Hall–Kier alpha value is 0.0300. The Bertz CT molecular complexity index is 391. The lowest BCUT2D eigenvalue weighted by Gasteiger charge is -2.42. The van der Waals surface area contributed by atoms with Crippen LogP contribution in [0.15, 0.2) is 0 Å². The van der Waals surface area contributed by atoms with Crippen molar-refractivity contribution in [1.29, 1.82) is 0 Å². The minimum Gasteiger partial charge on any atom is -0.376 e. The van der Waals surface area contributed by atoms with Gasteiger partial charge in [0.25, 0.3) is 0 Å². The standard InChI is InChI=1S/C16H33O6P.2CH4/c1-15(2,3)12-16(4,5)13-6-8-14(9-7-13)20-10-11-21-22-23(17,18)19;;/h13-14H,6-12H2,1-5H3,(H2,17,18,19);2*1H4. The molecule has 0 bridgehead atoms. The fourth-order valence-corrected chi connectivity index (χ4v) is 4.09. The van der Waals surface area contributed by atoms with Crippen LogP contribution in [0.3, 0.4) is 0 Å². The number of phosphoric acid groups is 1. The summed E-state index contributed by atoms with van der Waals surface area (Å²) in [7, 11) is -4.56. The van der Waals surface area contributed by atoms with E-state index in [1.165, 1.54) is 6.42 Å². The third-order valence-corrected chi connectivity index (χ3v) is 4.73. The maximum atomic E-state index is 10.4. The van der Waals surface area contributed by atoms with E-state index in [1.54, 1.807) is 0 Å². The lowest BCUT2D eigenvalue weighted by atomic mass is 9.64. The zero-order valence-corrected chi connectivity index (χ0v) is 16.0. The van der Waals surface area contributed by atoms with Crippen LogP contribution in [0.5, 0.6) is 0 Å². The van der Waals surface area contributed by atoms with Crippen molar-refractivity contribution in [3.8, 4) is 0 Å². The molecule has 0 amide bonds. The Balaban J connectivity index is 0. The molecular formula is C18H41O6P. The van der Waals surface area contributed by atoms with Gasteiger partial charge in [0.15, 0.2) is 0 Å². The Kier molecular flexibility index (Phi) is 12.0. The summed E-state index contributed by atoms with van der Waals surface area (Å²) < 4.78 is 20.0. The Labute approximate surface area is 154 Å².